The van der Waals surface area contributed by atoms with Crippen LogP contribution in [0, 0.1) is 17.8 Å². The van der Waals surface area contributed by atoms with Gasteiger partial charge in [0, 0.05) is 19.6 Å². The first kappa shape index (κ1) is 25.2. The van der Waals surface area contributed by atoms with Gasteiger partial charge in [-0.3, -0.25) is 4.79 Å². The molecule has 0 aromatic rings. The minimum atomic E-state index is -1.34. The van der Waals surface area contributed by atoms with Crippen molar-refractivity contribution in [2.45, 2.75) is 106 Å². The van der Waals surface area contributed by atoms with E-state index in [2.05, 4.69) is 24.5 Å². The number of fused-ring (bicyclic) bond motifs is 3. The molecule has 34 heavy (non-hydrogen) atoms. The number of ether oxygens (including phenoxy) is 3. The Morgan fingerprint density at radius 2 is 1.88 bits per heavy atom. The van der Waals surface area contributed by atoms with Gasteiger partial charge in [0.15, 0.2) is 0 Å². The zero-order chi connectivity index (χ0) is 24.0. The molecule has 0 radical (unpaired) electrons. The molecule has 0 saturated carbocycles. The van der Waals surface area contributed by atoms with Gasteiger partial charge >= 0.3 is 0 Å². The van der Waals surface area contributed by atoms with Crippen LogP contribution in [-0.4, -0.2) is 100 Å². The summed E-state index contributed by atoms with van der Waals surface area (Å²) in [7, 11) is 0. The molecule has 6 fully saturated rings. The van der Waals surface area contributed by atoms with Gasteiger partial charge in [0.1, 0.15) is 35.9 Å². The third-order valence-electron chi connectivity index (χ3n) is 8.21. The zero-order valence-electron chi connectivity index (χ0n) is 20.0. The second-order valence-corrected chi connectivity index (χ2v) is 12.4. The van der Waals surface area contributed by atoms with E-state index in [1.54, 1.807) is 0 Å². The van der Waals surface area contributed by atoms with Crippen molar-refractivity contribution in [3.05, 3.63) is 0 Å². The highest BCUT2D eigenvalue weighted by Crippen LogP contribution is 2.38. The fraction of sp³-hybridized carbons (Fsp3) is 0.958. The van der Waals surface area contributed by atoms with E-state index in [-0.39, 0.29) is 24.2 Å². The van der Waals surface area contributed by atoms with Crippen LogP contribution in [0.3, 0.4) is 0 Å². The van der Waals surface area contributed by atoms with Gasteiger partial charge in [-0.1, -0.05) is 13.8 Å². The highest BCUT2D eigenvalue weighted by Gasteiger charge is 2.53. The van der Waals surface area contributed by atoms with Gasteiger partial charge in [-0.15, -0.1) is 11.8 Å². The van der Waals surface area contributed by atoms with Gasteiger partial charge in [0.05, 0.1) is 24.4 Å². The number of carbonyl (C=O) groups excluding carboxylic acids is 1. The molecule has 12 atom stereocenters. The normalized spacial score (nSPS) is 49.0. The lowest BCUT2D eigenvalue weighted by Crippen LogP contribution is -2.69. The lowest BCUT2D eigenvalue weighted by atomic mass is 9.84. The molecule has 6 aliphatic rings. The van der Waals surface area contributed by atoms with Crippen molar-refractivity contribution in [2.24, 2.45) is 17.8 Å². The molecule has 5 N–H and O–H groups in total. The summed E-state index contributed by atoms with van der Waals surface area (Å²) in [6.45, 7) is 5.91. The number of hydrogen-bond acceptors (Lipinski definition) is 9. The van der Waals surface area contributed by atoms with Gasteiger partial charge in [0.2, 0.25) is 5.91 Å². The van der Waals surface area contributed by atoms with Crippen LogP contribution in [0.5, 0.6) is 0 Å². The first-order valence-corrected chi connectivity index (χ1v) is 14.0. The number of aliphatic hydroxyl groups is 3. The lowest BCUT2D eigenvalue weighted by molar-refractivity contribution is -0.232. The van der Waals surface area contributed by atoms with Crippen LogP contribution in [0.2, 0.25) is 0 Å². The van der Waals surface area contributed by atoms with Crippen molar-refractivity contribution < 1.29 is 34.3 Å². The standard InChI is InChI=1S/C24H40N2O7S/c1-11(2)7-12-3-5-31-21-13(8-12)10-25-17(21)23(30)26-16-15-9-14(32-15)4-6-34-24-20(29)18(27)19(28)22(16)33-24/h11-22,24-25,27-29H,3-10H2,1-2H3,(H,26,30)/t12-,13-,14?,15?,16+,17-,18?,19?,20?,21+,22?,24?/m0/s1. The molecular weight excluding hydrogens is 460 g/mol. The third kappa shape index (κ3) is 5.02. The first-order valence-electron chi connectivity index (χ1n) is 12.9. The number of hydrogen-bond donors (Lipinski definition) is 5. The van der Waals surface area contributed by atoms with E-state index in [4.69, 9.17) is 14.2 Å². The van der Waals surface area contributed by atoms with Crippen LogP contribution in [0.15, 0.2) is 0 Å². The number of amides is 1. The number of nitrogens with one attached hydrogen (secondary N) is 2. The summed E-state index contributed by atoms with van der Waals surface area (Å²) >= 11 is 1.42. The second-order valence-electron chi connectivity index (χ2n) is 11.2. The van der Waals surface area contributed by atoms with Crippen LogP contribution in [0.4, 0.5) is 0 Å². The smallest absolute Gasteiger partial charge is 0.240 e. The van der Waals surface area contributed by atoms with Gasteiger partial charge < -0.3 is 40.2 Å². The number of carbonyl (C=O) groups is 1. The van der Waals surface area contributed by atoms with Gasteiger partial charge in [-0.05, 0) is 49.2 Å². The van der Waals surface area contributed by atoms with Crippen molar-refractivity contribution in [2.75, 3.05) is 18.9 Å². The Balaban J connectivity index is 1.29. The predicted molar refractivity (Wildman–Crippen MR) is 126 cm³/mol. The topological polar surface area (TPSA) is 130 Å². The molecule has 194 valence electrons. The van der Waals surface area contributed by atoms with E-state index >= 15 is 0 Å². The predicted octanol–water partition coefficient (Wildman–Crippen LogP) is 0.00250. The third-order valence-corrected chi connectivity index (χ3v) is 9.40. The van der Waals surface area contributed by atoms with E-state index in [1.165, 1.54) is 18.2 Å². The average molecular weight is 501 g/mol. The Morgan fingerprint density at radius 1 is 1.09 bits per heavy atom. The van der Waals surface area contributed by atoms with Crippen molar-refractivity contribution in [1.29, 1.82) is 0 Å². The summed E-state index contributed by atoms with van der Waals surface area (Å²) in [6.07, 6.45) is -0.255. The molecule has 10 heteroatoms. The van der Waals surface area contributed by atoms with Crippen LogP contribution < -0.4 is 10.6 Å². The average Bonchev–Trinajstić information content (AvgIpc) is 3.06. The fourth-order valence-corrected chi connectivity index (χ4v) is 7.65. The maximum absolute atomic E-state index is 13.5. The van der Waals surface area contributed by atoms with Crippen molar-refractivity contribution in [3.8, 4) is 0 Å². The summed E-state index contributed by atoms with van der Waals surface area (Å²) in [6, 6.07) is -1.10. The SMILES string of the molecule is CC(C)C[C@@H]1CCO[C@@H]2[C@H](CN[C@@H]2C(=O)N[C@@H]2C3CC(CCSC4OC2C(O)C(O)C4O)O3)C1. The van der Waals surface area contributed by atoms with Gasteiger partial charge in [-0.25, -0.2) is 0 Å². The summed E-state index contributed by atoms with van der Waals surface area (Å²) in [5.74, 6) is 2.10. The van der Waals surface area contributed by atoms with Crippen molar-refractivity contribution in [3.63, 3.8) is 0 Å². The van der Waals surface area contributed by atoms with Crippen molar-refractivity contribution in [1.82, 2.24) is 10.6 Å². The van der Waals surface area contributed by atoms with Crippen LogP contribution in [0.1, 0.15) is 46.0 Å². The molecule has 0 aliphatic carbocycles. The van der Waals surface area contributed by atoms with Gasteiger partial charge in [-0.2, -0.15) is 0 Å². The molecule has 6 heterocycles. The van der Waals surface area contributed by atoms with E-state index in [0.717, 1.165) is 38.0 Å². The number of thioether (sulfide) groups is 1. The molecule has 0 aromatic heterocycles. The van der Waals surface area contributed by atoms with E-state index in [0.29, 0.717) is 24.4 Å². The van der Waals surface area contributed by atoms with Crippen LogP contribution in [0.25, 0.3) is 0 Å². The minimum absolute atomic E-state index is 0.104. The number of aliphatic hydroxyl groups excluding tert-OH is 3. The van der Waals surface area contributed by atoms with E-state index in [9.17, 15) is 20.1 Å². The van der Waals surface area contributed by atoms with Crippen LogP contribution in [-0.2, 0) is 19.0 Å². The molecule has 4 bridgehead atoms. The molecule has 6 rings (SSSR count). The molecule has 6 aliphatic heterocycles. The zero-order valence-corrected chi connectivity index (χ0v) is 20.9. The maximum Gasteiger partial charge on any atom is 0.240 e. The van der Waals surface area contributed by atoms with E-state index in [1.807, 2.05) is 0 Å². The summed E-state index contributed by atoms with van der Waals surface area (Å²) in [5.41, 5.74) is -0.655. The molecule has 6 saturated heterocycles. The minimum Gasteiger partial charge on any atom is -0.388 e. The summed E-state index contributed by atoms with van der Waals surface area (Å²) in [4.78, 5) is 13.5. The quantitative estimate of drug-likeness (QED) is 0.362. The maximum atomic E-state index is 13.5. The van der Waals surface area contributed by atoms with E-state index < -0.39 is 41.9 Å². The first-order chi connectivity index (χ1) is 16.3. The largest absolute Gasteiger partial charge is 0.388 e. The molecular formula is C24H40N2O7S. The monoisotopic (exact) mass is 500 g/mol. The van der Waals surface area contributed by atoms with Crippen molar-refractivity contribution >= 4 is 17.7 Å². The lowest BCUT2D eigenvalue weighted by Gasteiger charge is -2.50. The number of rotatable bonds is 4. The molecule has 0 spiro atoms. The molecule has 0 aromatic carbocycles. The summed E-state index contributed by atoms with van der Waals surface area (Å²) in [5, 5.41) is 38.1. The van der Waals surface area contributed by atoms with Crippen LogP contribution >= 0.6 is 11.8 Å². The Morgan fingerprint density at radius 3 is 2.65 bits per heavy atom. The molecule has 1 amide bonds. The highest BCUT2D eigenvalue weighted by atomic mass is 32.2. The van der Waals surface area contributed by atoms with Gasteiger partial charge in [0.25, 0.3) is 0 Å². The second kappa shape index (κ2) is 10.5. The molecule has 7 unspecified atom stereocenters. The molecule has 9 nitrogen and oxygen atoms in total. The Labute approximate surface area is 205 Å². The highest BCUT2D eigenvalue weighted by molar-refractivity contribution is 7.99. The fourth-order valence-electron chi connectivity index (χ4n) is 6.45. The Hall–Kier alpha value is -0.460. The Bertz CT molecular complexity index is 723. The summed E-state index contributed by atoms with van der Waals surface area (Å²) < 4.78 is 18.3. The Kier molecular flexibility index (Phi) is 7.78.